The van der Waals surface area contributed by atoms with Crippen molar-refractivity contribution < 1.29 is 32.3 Å². The minimum absolute atomic E-state index is 0.128. The van der Waals surface area contributed by atoms with Gasteiger partial charge in [-0.1, -0.05) is 0 Å². The number of nitrogens with one attached hydrogen (secondary N) is 1. The normalized spacial score (nSPS) is 12.9. The monoisotopic (exact) mass is 345 g/mol. The lowest BCUT2D eigenvalue weighted by Crippen LogP contribution is -2.38. The Labute approximate surface area is 134 Å². The molecule has 2 heterocycles. The van der Waals surface area contributed by atoms with Gasteiger partial charge in [-0.25, -0.2) is 4.79 Å². The molecule has 0 aliphatic rings. The van der Waals surface area contributed by atoms with Crippen LogP contribution in [-0.2, 0) is 7.05 Å². The molecule has 0 saturated carbocycles. The van der Waals surface area contributed by atoms with E-state index in [1.165, 1.54) is 25.6 Å². The van der Waals surface area contributed by atoms with Gasteiger partial charge in [0.25, 0.3) is 5.91 Å². The summed E-state index contributed by atoms with van der Waals surface area (Å²) in [5.41, 5.74) is -0.120. The number of carbonyl (C=O) groups is 2. The molecule has 1 atom stereocenters. The molecule has 0 unspecified atom stereocenters. The Morgan fingerprint density at radius 2 is 2.00 bits per heavy atom. The first-order valence-electron chi connectivity index (χ1n) is 6.72. The van der Waals surface area contributed by atoms with Gasteiger partial charge in [0, 0.05) is 24.4 Å². The number of rotatable bonds is 4. The van der Waals surface area contributed by atoms with Crippen molar-refractivity contribution in [1.29, 1.82) is 0 Å². The predicted molar refractivity (Wildman–Crippen MR) is 74.6 cm³/mol. The topological polar surface area (TPSA) is 97.4 Å². The highest BCUT2D eigenvalue weighted by Crippen LogP contribution is 2.36. The predicted octanol–water partition coefficient (Wildman–Crippen LogP) is 2.36. The van der Waals surface area contributed by atoms with Gasteiger partial charge in [0.1, 0.15) is 6.26 Å². The first kappa shape index (κ1) is 17.6. The Bertz CT molecular complexity index is 792. The van der Waals surface area contributed by atoms with Gasteiger partial charge in [0.2, 0.25) is 0 Å². The zero-order valence-electron chi connectivity index (χ0n) is 12.9. The summed E-state index contributed by atoms with van der Waals surface area (Å²) in [6, 6.07) is -1.44. The standard InChI is InChI=1S/C14H14F3N3O4/c1-6-10(7(2)20(3)19-6)11(14(15,16)17)18-12(21)9-4-8(5-24-9)13(22)23/h4-5,11H,1-3H3,(H,18,21)(H,22,23)/t11-/m0/s1. The number of nitrogens with zero attached hydrogens (tertiary/aromatic N) is 2. The zero-order valence-corrected chi connectivity index (χ0v) is 12.9. The van der Waals surface area contributed by atoms with Gasteiger partial charge >= 0.3 is 12.1 Å². The van der Waals surface area contributed by atoms with Crippen LogP contribution < -0.4 is 5.32 Å². The second-order valence-electron chi connectivity index (χ2n) is 5.16. The Morgan fingerprint density at radius 3 is 2.42 bits per heavy atom. The van der Waals surface area contributed by atoms with Crippen LogP contribution in [0.15, 0.2) is 16.7 Å². The van der Waals surface area contributed by atoms with E-state index in [-0.39, 0.29) is 22.5 Å². The van der Waals surface area contributed by atoms with Gasteiger partial charge in [0.05, 0.1) is 11.3 Å². The molecule has 2 aromatic heterocycles. The van der Waals surface area contributed by atoms with Crippen LogP contribution in [0.25, 0.3) is 0 Å². The highest BCUT2D eigenvalue weighted by Gasteiger charge is 2.45. The molecular formula is C14H14F3N3O4. The summed E-state index contributed by atoms with van der Waals surface area (Å²) in [6.45, 7) is 2.86. The Kier molecular flexibility index (Phi) is 4.41. The molecule has 0 saturated heterocycles. The van der Waals surface area contributed by atoms with E-state index in [1.54, 1.807) is 0 Å². The van der Waals surface area contributed by atoms with Crippen molar-refractivity contribution in [3.05, 3.63) is 40.6 Å². The van der Waals surface area contributed by atoms with Crippen LogP contribution in [0.1, 0.15) is 43.9 Å². The lowest BCUT2D eigenvalue weighted by molar-refractivity contribution is -0.155. The van der Waals surface area contributed by atoms with Crippen LogP contribution in [0, 0.1) is 13.8 Å². The minimum atomic E-state index is -4.77. The fourth-order valence-electron chi connectivity index (χ4n) is 2.30. The summed E-state index contributed by atoms with van der Waals surface area (Å²) in [5, 5.41) is 14.5. The van der Waals surface area contributed by atoms with Crippen LogP contribution in [0.2, 0.25) is 0 Å². The molecule has 24 heavy (non-hydrogen) atoms. The van der Waals surface area contributed by atoms with Crippen molar-refractivity contribution in [2.75, 3.05) is 0 Å². The molecule has 7 nitrogen and oxygen atoms in total. The van der Waals surface area contributed by atoms with E-state index in [0.717, 1.165) is 12.3 Å². The van der Waals surface area contributed by atoms with E-state index in [9.17, 15) is 22.8 Å². The van der Waals surface area contributed by atoms with Crippen molar-refractivity contribution in [2.24, 2.45) is 7.05 Å². The van der Waals surface area contributed by atoms with Crippen LogP contribution in [0.4, 0.5) is 13.2 Å². The zero-order chi connectivity index (χ0) is 18.2. The number of furan rings is 1. The van der Waals surface area contributed by atoms with Gasteiger partial charge in [-0.3, -0.25) is 9.48 Å². The molecule has 0 bridgehead atoms. The molecule has 0 radical (unpaired) electrons. The molecule has 2 aromatic rings. The average molecular weight is 345 g/mol. The van der Waals surface area contributed by atoms with Crippen molar-refractivity contribution in [3.63, 3.8) is 0 Å². The summed E-state index contributed by atoms with van der Waals surface area (Å²) in [6.07, 6.45) is -3.99. The van der Waals surface area contributed by atoms with Crippen LogP contribution in [0.5, 0.6) is 0 Å². The van der Waals surface area contributed by atoms with Crippen LogP contribution in [-0.4, -0.2) is 32.9 Å². The highest BCUT2D eigenvalue weighted by atomic mass is 19.4. The molecule has 2 N–H and O–H groups in total. The summed E-state index contributed by atoms with van der Waals surface area (Å²) in [4.78, 5) is 22.8. The van der Waals surface area contributed by atoms with Gasteiger partial charge < -0.3 is 14.8 Å². The van der Waals surface area contributed by atoms with E-state index in [2.05, 4.69) is 5.10 Å². The summed E-state index contributed by atoms with van der Waals surface area (Å²) >= 11 is 0. The number of carboxylic acid groups (broad SMARTS) is 1. The Hall–Kier alpha value is -2.78. The largest absolute Gasteiger partial charge is 0.478 e. The summed E-state index contributed by atoms with van der Waals surface area (Å²) in [5.74, 6) is -3.06. The third-order valence-corrected chi connectivity index (χ3v) is 3.53. The highest BCUT2D eigenvalue weighted by molar-refractivity contribution is 5.95. The summed E-state index contributed by atoms with van der Waals surface area (Å²) in [7, 11) is 1.49. The molecule has 0 aliphatic heterocycles. The number of amides is 1. The van der Waals surface area contributed by atoms with Crippen LogP contribution in [0.3, 0.4) is 0 Å². The molecule has 0 fully saturated rings. The smallest absolute Gasteiger partial charge is 0.413 e. The maximum absolute atomic E-state index is 13.4. The fourth-order valence-corrected chi connectivity index (χ4v) is 2.30. The number of aromatic nitrogens is 2. The number of alkyl halides is 3. The second-order valence-corrected chi connectivity index (χ2v) is 5.16. The number of carbonyl (C=O) groups excluding carboxylic acids is 1. The van der Waals surface area contributed by atoms with E-state index >= 15 is 0 Å². The molecule has 10 heteroatoms. The van der Waals surface area contributed by atoms with Crippen molar-refractivity contribution in [3.8, 4) is 0 Å². The Morgan fingerprint density at radius 1 is 1.38 bits per heavy atom. The van der Waals surface area contributed by atoms with E-state index in [0.29, 0.717) is 0 Å². The number of aromatic carboxylic acids is 1. The molecule has 0 aromatic carbocycles. The van der Waals surface area contributed by atoms with Gasteiger partial charge in [-0.15, -0.1) is 0 Å². The minimum Gasteiger partial charge on any atom is -0.478 e. The van der Waals surface area contributed by atoms with E-state index in [4.69, 9.17) is 9.52 Å². The Balaban J connectivity index is 2.36. The second kappa shape index (κ2) is 6.02. The van der Waals surface area contributed by atoms with Crippen molar-refractivity contribution in [2.45, 2.75) is 26.1 Å². The number of halogens is 3. The number of carboxylic acids is 1. The number of hydrogen-bond donors (Lipinski definition) is 2. The lowest BCUT2D eigenvalue weighted by Gasteiger charge is -2.22. The first-order valence-corrected chi connectivity index (χ1v) is 6.72. The number of hydrogen-bond acceptors (Lipinski definition) is 4. The molecule has 1 amide bonds. The first-order chi connectivity index (χ1) is 11.0. The van der Waals surface area contributed by atoms with Crippen LogP contribution >= 0.6 is 0 Å². The molecule has 2 rings (SSSR count). The third-order valence-electron chi connectivity index (χ3n) is 3.53. The third kappa shape index (κ3) is 3.26. The molecular weight excluding hydrogens is 331 g/mol. The van der Waals surface area contributed by atoms with Crippen molar-refractivity contribution in [1.82, 2.24) is 15.1 Å². The van der Waals surface area contributed by atoms with E-state index in [1.807, 2.05) is 5.32 Å². The summed E-state index contributed by atoms with van der Waals surface area (Å²) < 4.78 is 46.2. The van der Waals surface area contributed by atoms with Gasteiger partial charge in [0.15, 0.2) is 11.8 Å². The molecule has 130 valence electrons. The van der Waals surface area contributed by atoms with Crippen molar-refractivity contribution >= 4 is 11.9 Å². The lowest BCUT2D eigenvalue weighted by atomic mass is 10.0. The molecule has 0 spiro atoms. The average Bonchev–Trinajstić information content (AvgIpc) is 3.02. The SMILES string of the molecule is Cc1nn(C)c(C)c1[C@H](NC(=O)c1cc(C(=O)O)co1)C(F)(F)F. The maximum atomic E-state index is 13.4. The van der Waals surface area contributed by atoms with Gasteiger partial charge in [-0.05, 0) is 13.8 Å². The van der Waals surface area contributed by atoms with E-state index < -0.39 is 29.9 Å². The maximum Gasteiger partial charge on any atom is 0.413 e. The quantitative estimate of drug-likeness (QED) is 0.887. The fraction of sp³-hybridized carbons (Fsp3) is 0.357. The van der Waals surface area contributed by atoms with Gasteiger partial charge in [-0.2, -0.15) is 18.3 Å². The number of aryl methyl sites for hydroxylation is 2. The molecule has 0 aliphatic carbocycles.